The van der Waals surface area contributed by atoms with E-state index >= 15 is 0 Å². The minimum absolute atomic E-state index is 0.110. The van der Waals surface area contributed by atoms with E-state index in [9.17, 15) is 10.1 Å². The van der Waals surface area contributed by atoms with Gasteiger partial charge in [0.25, 0.3) is 0 Å². The molecule has 0 saturated heterocycles. The molecule has 0 spiro atoms. The summed E-state index contributed by atoms with van der Waals surface area (Å²) < 4.78 is 5.44. The number of aromatic nitrogens is 2. The Morgan fingerprint density at radius 2 is 2.20 bits per heavy atom. The van der Waals surface area contributed by atoms with E-state index in [0.29, 0.717) is 19.7 Å². The summed E-state index contributed by atoms with van der Waals surface area (Å²) in [5.74, 6) is 0.521. The average Bonchev–Trinajstić information content (AvgIpc) is 2.38. The number of hydrogen-bond donors (Lipinski definition) is 1. The maximum absolute atomic E-state index is 11.2. The van der Waals surface area contributed by atoms with E-state index in [4.69, 9.17) is 4.74 Å². The Balaban J connectivity index is 2.92. The van der Waals surface area contributed by atoms with Gasteiger partial charge in [0.2, 0.25) is 11.6 Å². The smallest absolute Gasteiger partial charge is 0.353 e. The van der Waals surface area contributed by atoms with Gasteiger partial charge in [0.1, 0.15) is 6.33 Å². The van der Waals surface area contributed by atoms with Crippen molar-refractivity contribution in [2.45, 2.75) is 26.9 Å². The van der Waals surface area contributed by atoms with Gasteiger partial charge in [-0.25, -0.2) is 9.97 Å². The molecule has 1 aromatic heterocycles. The predicted octanol–water partition coefficient (Wildman–Crippen LogP) is 1.68. The van der Waals surface area contributed by atoms with Crippen LogP contribution in [0.5, 0.6) is 0 Å². The number of hydrogen-bond acceptors (Lipinski definition) is 7. The van der Waals surface area contributed by atoms with Gasteiger partial charge in [0.15, 0.2) is 0 Å². The zero-order valence-corrected chi connectivity index (χ0v) is 12.3. The van der Waals surface area contributed by atoms with Gasteiger partial charge in [-0.05, 0) is 20.8 Å². The highest BCUT2D eigenvalue weighted by Crippen LogP contribution is 2.30. The van der Waals surface area contributed by atoms with Crippen LogP contribution in [-0.4, -0.2) is 47.7 Å². The van der Waals surface area contributed by atoms with Gasteiger partial charge in [-0.2, -0.15) is 0 Å². The van der Waals surface area contributed by atoms with Crippen molar-refractivity contribution in [3.8, 4) is 0 Å². The molecule has 0 amide bonds. The zero-order chi connectivity index (χ0) is 15.1. The molecule has 0 radical (unpaired) electrons. The molecule has 1 aromatic rings. The van der Waals surface area contributed by atoms with Gasteiger partial charge < -0.3 is 15.0 Å². The highest BCUT2D eigenvalue weighted by Gasteiger charge is 2.24. The summed E-state index contributed by atoms with van der Waals surface area (Å²) in [6.07, 6.45) is 1.45. The first-order valence-corrected chi connectivity index (χ1v) is 6.53. The summed E-state index contributed by atoms with van der Waals surface area (Å²) >= 11 is 0. The number of likely N-dealkylation sites (N-methyl/N-ethyl adjacent to an activating group) is 1. The van der Waals surface area contributed by atoms with Crippen LogP contribution in [0.2, 0.25) is 0 Å². The Labute approximate surface area is 118 Å². The summed E-state index contributed by atoms with van der Waals surface area (Å²) in [4.78, 5) is 20.4. The number of nitrogens with zero attached hydrogens (tertiary/aromatic N) is 4. The quantitative estimate of drug-likeness (QED) is 0.573. The van der Waals surface area contributed by atoms with Gasteiger partial charge in [-0.15, -0.1) is 0 Å². The highest BCUT2D eigenvalue weighted by atomic mass is 16.6. The highest BCUT2D eigenvalue weighted by molar-refractivity contribution is 5.69. The van der Waals surface area contributed by atoms with Crippen LogP contribution in [0.1, 0.15) is 20.8 Å². The Morgan fingerprint density at radius 1 is 1.50 bits per heavy atom. The van der Waals surface area contributed by atoms with Gasteiger partial charge in [0, 0.05) is 20.1 Å². The van der Waals surface area contributed by atoms with E-state index in [1.807, 2.05) is 20.8 Å². The number of ether oxygens (including phenoxy) is 1. The van der Waals surface area contributed by atoms with E-state index in [-0.39, 0.29) is 23.4 Å². The van der Waals surface area contributed by atoms with Gasteiger partial charge in [0.05, 0.1) is 17.6 Å². The predicted molar refractivity (Wildman–Crippen MR) is 77.2 cm³/mol. The summed E-state index contributed by atoms with van der Waals surface area (Å²) in [5, 5.41) is 14.1. The fourth-order valence-corrected chi connectivity index (χ4v) is 1.64. The Morgan fingerprint density at radius 3 is 2.75 bits per heavy atom. The van der Waals surface area contributed by atoms with Crippen LogP contribution in [0.4, 0.5) is 17.3 Å². The molecular formula is C12H21N5O3. The molecule has 112 valence electrons. The second-order valence-corrected chi connectivity index (χ2v) is 4.52. The minimum Gasteiger partial charge on any atom is -0.377 e. The molecule has 0 unspecified atom stereocenters. The summed E-state index contributed by atoms with van der Waals surface area (Å²) in [7, 11) is 1.74. The summed E-state index contributed by atoms with van der Waals surface area (Å²) in [5.41, 5.74) is -0.110. The Bertz CT molecular complexity index is 453. The first-order valence-electron chi connectivity index (χ1n) is 6.53. The molecule has 1 N–H and O–H groups in total. The maximum Gasteiger partial charge on any atom is 0.353 e. The van der Waals surface area contributed by atoms with Crippen molar-refractivity contribution in [3.05, 3.63) is 16.4 Å². The number of rotatable bonds is 8. The van der Waals surface area contributed by atoms with Crippen molar-refractivity contribution in [1.82, 2.24) is 9.97 Å². The standard InChI is InChI=1S/C12H21N5O3/c1-5-13-11-10(17(18)19)12(15-8-14-11)16(4)6-7-20-9(2)3/h8-9H,5-7H2,1-4H3,(H,13,14,15). The second kappa shape index (κ2) is 7.59. The largest absolute Gasteiger partial charge is 0.377 e. The van der Waals surface area contributed by atoms with E-state index in [1.54, 1.807) is 11.9 Å². The van der Waals surface area contributed by atoms with Crippen LogP contribution in [0.15, 0.2) is 6.33 Å². The first-order chi connectivity index (χ1) is 9.47. The third kappa shape index (κ3) is 4.30. The fraction of sp³-hybridized carbons (Fsp3) is 0.667. The van der Waals surface area contributed by atoms with Crippen molar-refractivity contribution in [3.63, 3.8) is 0 Å². The Hall–Kier alpha value is -1.96. The molecular weight excluding hydrogens is 262 g/mol. The third-order valence-corrected chi connectivity index (χ3v) is 2.57. The maximum atomic E-state index is 11.2. The molecule has 0 saturated carbocycles. The molecule has 8 nitrogen and oxygen atoms in total. The lowest BCUT2D eigenvalue weighted by Gasteiger charge is -2.19. The van der Waals surface area contributed by atoms with Crippen LogP contribution in [-0.2, 0) is 4.74 Å². The lowest BCUT2D eigenvalue weighted by atomic mass is 10.4. The number of anilines is 2. The van der Waals surface area contributed by atoms with Crippen LogP contribution < -0.4 is 10.2 Å². The Kier molecular flexibility index (Phi) is 6.10. The van der Waals surface area contributed by atoms with Crippen molar-refractivity contribution >= 4 is 17.3 Å². The molecule has 0 aromatic carbocycles. The average molecular weight is 283 g/mol. The van der Waals surface area contributed by atoms with Gasteiger partial charge in [-0.3, -0.25) is 10.1 Å². The molecule has 20 heavy (non-hydrogen) atoms. The fourth-order valence-electron chi connectivity index (χ4n) is 1.64. The SMILES string of the molecule is CCNc1ncnc(N(C)CCOC(C)C)c1[N+](=O)[O-]. The van der Waals surface area contributed by atoms with Crippen molar-refractivity contribution in [1.29, 1.82) is 0 Å². The van der Waals surface area contributed by atoms with E-state index < -0.39 is 4.92 Å². The van der Waals surface area contributed by atoms with Crippen LogP contribution >= 0.6 is 0 Å². The molecule has 1 rings (SSSR count). The van der Waals surface area contributed by atoms with E-state index in [0.717, 1.165) is 0 Å². The van der Waals surface area contributed by atoms with E-state index in [2.05, 4.69) is 15.3 Å². The monoisotopic (exact) mass is 283 g/mol. The normalized spacial score (nSPS) is 10.7. The molecule has 0 aliphatic carbocycles. The zero-order valence-electron chi connectivity index (χ0n) is 12.3. The first kappa shape index (κ1) is 16.1. The molecule has 0 atom stereocenters. The van der Waals surface area contributed by atoms with Gasteiger partial charge >= 0.3 is 5.69 Å². The second-order valence-electron chi connectivity index (χ2n) is 4.52. The molecule has 1 heterocycles. The van der Waals surface area contributed by atoms with Crippen molar-refractivity contribution in [2.75, 3.05) is 37.0 Å². The summed E-state index contributed by atoms with van der Waals surface area (Å²) in [6.45, 7) is 7.28. The van der Waals surface area contributed by atoms with Crippen LogP contribution in [0.3, 0.4) is 0 Å². The van der Waals surface area contributed by atoms with Crippen LogP contribution in [0.25, 0.3) is 0 Å². The lowest BCUT2D eigenvalue weighted by molar-refractivity contribution is -0.383. The number of nitro groups is 1. The molecule has 0 aliphatic rings. The minimum atomic E-state index is -0.465. The van der Waals surface area contributed by atoms with Crippen LogP contribution in [0, 0.1) is 10.1 Å². The lowest BCUT2D eigenvalue weighted by Crippen LogP contribution is -2.26. The summed E-state index contributed by atoms with van der Waals surface area (Å²) in [6, 6.07) is 0. The molecule has 0 fully saturated rings. The van der Waals surface area contributed by atoms with Crippen molar-refractivity contribution < 1.29 is 9.66 Å². The number of nitrogens with one attached hydrogen (secondary N) is 1. The van der Waals surface area contributed by atoms with Crippen molar-refractivity contribution in [2.24, 2.45) is 0 Å². The van der Waals surface area contributed by atoms with E-state index in [1.165, 1.54) is 6.33 Å². The molecule has 8 heteroatoms. The third-order valence-electron chi connectivity index (χ3n) is 2.57. The molecule has 0 bridgehead atoms. The van der Waals surface area contributed by atoms with Gasteiger partial charge in [-0.1, -0.05) is 0 Å². The topological polar surface area (TPSA) is 93.4 Å². The molecule has 0 aliphatic heterocycles.